The molecule has 0 radical (unpaired) electrons. The maximum atomic E-state index is 13.3. The number of carbonyl (C=O) groups is 1. The van der Waals surface area contributed by atoms with Crippen molar-refractivity contribution in [3.05, 3.63) is 144 Å². The van der Waals surface area contributed by atoms with Gasteiger partial charge in [-0.25, -0.2) is 4.79 Å². The molecule has 6 rings (SSSR count). The predicted octanol–water partition coefficient (Wildman–Crippen LogP) is 6.27. The summed E-state index contributed by atoms with van der Waals surface area (Å²) in [4.78, 5) is 13.3. The number of esters is 1. The smallest absolute Gasteiger partial charge is 0.360 e. The number of ether oxygens (including phenoxy) is 1. The number of nitrogens with zero attached hydrogens (tertiary/aromatic N) is 2. The third-order valence-electron chi connectivity index (χ3n) is 6.24. The van der Waals surface area contributed by atoms with Crippen molar-refractivity contribution in [3.63, 3.8) is 0 Å². The minimum Gasteiger partial charge on any atom is -0.439 e. The van der Waals surface area contributed by atoms with E-state index in [1.54, 1.807) is 0 Å². The Morgan fingerprint density at radius 3 is 1.50 bits per heavy atom. The first-order valence-electron chi connectivity index (χ1n) is 11.2. The average molecular weight is 441 g/mol. The van der Waals surface area contributed by atoms with E-state index in [0.717, 1.165) is 33.4 Å². The van der Waals surface area contributed by atoms with Crippen molar-refractivity contribution in [1.82, 2.24) is 10.2 Å². The van der Waals surface area contributed by atoms with Gasteiger partial charge < -0.3 is 4.74 Å². The topological polar surface area (TPSA) is 52.1 Å². The minimum atomic E-state index is -1.15. The van der Waals surface area contributed by atoms with Crippen LogP contribution < -0.4 is 0 Å². The van der Waals surface area contributed by atoms with Crippen LogP contribution in [0.25, 0.3) is 22.4 Å². The molecule has 34 heavy (non-hydrogen) atoms. The summed E-state index contributed by atoms with van der Waals surface area (Å²) in [6.45, 7) is 0. The van der Waals surface area contributed by atoms with Gasteiger partial charge in [-0.15, -0.1) is 10.2 Å². The van der Waals surface area contributed by atoms with E-state index in [9.17, 15) is 4.79 Å². The Bertz CT molecular complexity index is 1430. The number of rotatable bonds is 4. The van der Waals surface area contributed by atoms with E-state index >= 15 is 0 Å². The maximum absolute atomic E-state index is 13.3. The summed E-state index contributed by atoms with van der Waals surface area (Å²) >= 11 is 0. The summed E-state index contributed by atoms with van der Waals surface area (Å²) in [5.74, 6) is -0.480. The molecule has 5 aromatic rings. The first-order chi connectivity index (χ1) is 16.8. The number of aromatic nitrogens is 2. The Hall–Kier alpha value is -4.57. The van der Waals surface area contributed by atoms with Crippen LogP contribution in [0.5, 0.6) is 0 Å². The van der Waals surface area contributed by atoms with Crippen LogP contribution in [0.3, 0.4) is 0 Å². The van der Waals surface area contributed by atoms with Crippen LogP contribution in [0.1, 0.15) is 27.2 Å². The van der Waals surface area contributed by atoms with Crippen LogP contribution >= 0.6 is 0 Å². The lowest BCUT2D eigenvalue weighted by molar-refractivity contribution is 0.0249. The summed E-state index contributed by atoms with van der Waals surface area (Å²) in [6.07, 6.45) is 0. The third kappa shape index (κ3) is 3.04. The SMILES string of the molecule is O=C1OC(c2ccccc2)(c2ccccc2)c2c1nnc(-c1ccccc1)c2-c1ccccc1. The first kappa shape index (κ1) is 20.1. The molecule has 162 valence electrons. The molecule has 0 aliphatic carbocycles. The highest BCUT2D eigenvalue weighted by Gasteiger charge is 2.52. The summed E-state index contributed by atoms with van der Waals surface area (Å²) in [5.41, 5.74) is 4.94. The standard InChI is InChI=1S/C30H20N2O2/c33-29-28-26(30(34-29,23-17-9-3-10-18-23)24-19-11-4-12-20-24)25(21-13-5-1-6-14-21)27(31-32-28)22-15-7-2-8-16-22/h1-20H. The molecule has 0 unspecified atom stereocenters. The number of hydrogen-bond acceptors (Lipinski definition) is 4. The Labute approximate surface area is 197 Å². The molecule has 0 N–H and O–H groups in total. The average Bonchev–Trinajstić information content (AvgIpc) is 3.23. The van der Waals surface area contributed by atoms with Gasteiger partial charge in [-0.2, -0.15) is 0 Å². The lowest BCUT2D eigenvalue weighted by atomic mass is 9.77. The van der Waals surface area contributed by atoms with Crippen LogP contribution in [0.2, 0.25) is 0 Å². The van der Waals surface area contributed by atoms with Crippen molar-refractivity contribution in [2.24, 2.45) is 0 Å². The lowest BCUT2D eigenvalue weighted by Crippen LogP contribution is -2.30. The van der Waals surface area contributed by atoms with Gasteiger partial charge in [0.1, 0.15) is 5.69 Å². The third-order valence-corrected chi connectivity index (χ3v) is 6.24. The monoisotopic (exact) mass is 440 g/mol. The van der Waals surface area contributed by atoms with Gasteiger partial charge in [0.05, 0.1) is 0 Å². The minimum absolute atomic E-state index is 0.242. The molecule has 0 saturated carbocycles. The molecule has 0 bridgehead atoms. The molecule has 2 heterocycles. The highest BCUT2D eigenvalue weighted by atomic mass is 16.6. The molecule has 1 aromatic heterocycles. The van der Waals surface area contributed by atoms with Crippen LogP contribution in [0.15, 0.2) is 121 Å². The van der Waals surface area contributed by atoms with Crippen molar-refractivity contribution in [1.29, 1.82) is 0 Å². The zero-order valence-corrected chi connectivity index (χ0v) is 18.3. The second kappa shape index (κ2) is 8.09. The van der Waals surface area contributed by atoms with Crippen LogP contribution in [-0.2, 0) is 10.3 Å². The summed E-state index contributed by atoms with van der Waals surface area (Å²) < 4.78 is 6.30. The van der Waals surface area contributed by atoms with E-state index in [0.29, 0.717) is 5.69 Å². The Morgan fingerprint density at radius 2 is 0.971 bits per heavy atom. The molecular formula is C30H20N2O2. The van der Waals surface area contributed by atoms with Gasteiger partial charge in [0.2, 0.25) is 0 Å². The highest BCUT2D eigenvalue weighted by Crippen LogP contribution is 2.51. The maximum Gasteiger partial charge on any atom is 0.360 e. The van der Waals surface area contributed by atoms with E-state index in [1.165, 1.54) is 0 Å². The summed E-state index contributed by atoms with van der Waals surface area (Å²) in [5, 5.41) is 8.97. The quantitative estimate of drug-likeness (QED) is 0.309. The van der Waals surface area contributed by atoms with Crippen molar-refractivity contribution < 1.29 is 9.53 Å². The van der Waals surface area contributed by atoms with Crippen molar-refractivity contribution in [2.45, 2.75) is 5.60 Å². The fourth-order valence-corrected chi connectivity index (χ4v) is 4.76. The van der Waals surface area contributed by atoms with Crippen molar-refractivity contribution in [2.75, 3.05) is 0 Å². The van der Waals surface area contributed by atoms with Crippen LogP contribution in [0.4, 0.5) is 0 Å². The van der Waals surface area contributed by atoms with Gasteiger partial charge >= 0.3 is 5.97 Å². The van der Waals surface area contributed by atoms with Crippen molar-refractivity contribution in [3.8, 4) is 22.4 Å². The van der Waals surface area contributed by atoms with E-state index in [2.05, 4.69) is 10.2 Å². The molecule has 1 aliphatic heterocycles. The van der Waals surface area contributed by atoms with Gasteiger partial charge in [-0.05, 0) is 5.56 Å². The second-order valence-electron chi connectivity index (χ2n) is 8.18. The lowest BCUT2D eigenvalue weighted by Gasteiger charge is -2.31. The van der Waals surface area contributed by atoms with E-state index < -0.39 is 11.6 Å². The van der Waals surface area contributed by atoms with E-state index in [4.69, 9.17) is 4.74 Å². The Morgan fingerprint density at radius 1 is 0.529 bits per heavy atom. The second-order valence-corrected chi connectivity index (χ2v) is 8.18. The molecule has 0 spiro atoms. The van der Waals surface area contributed by atoms with Crippen LogP contribution in [0, 0.1) is 0 Å². The van der Waals surface area contributed by atoms with Gasteiger partial charge in [-0.1, -0.05) is 121 Å². The number of fused-ring (bicyclic) bond motifs is 1. The van der Waals surface area contributed by atoms with E-state index in [1.807, 2.05) is 121 Å². The molecule has 4 aromatic carbocycles. The fraction of sp³-hybridized carbons (Fsp3) is 0.0333. The zero-order valence-electron chi connectivity index (χ0n) is 18.3. The van der Waals surface area contributed by atoms with Crippen molar-refractivity contribution >= 4 is 5.97 Å². The number of carbonyl (C=O) groups excluding carboxylic acids is 1. The number of benzene rings is 4. The molecule has 4 heteroatoms. The largest absolute Gasteiger partial charge is 0.439 e. The molecule has 0 saturated heterocycles. The molecular weight excluding hydrogens is 420 g/mol. The Balaban J connectivity index is 1.78. The van der Waals surface area contributed by atoms with Gasteiger partial charge in [-0.3, -0.25) is 0 Å². The number of hydrogen-bond donors (Lipinski definition) is 0. The first-order valence-corrected chi connectivity index (χ1v) is 11.2. The molecule has 0 atom stereocenters. The summed E-state index contributed by atoms with van der Waals surface area (Å²) in [6, 6.07) is 39.7. The van der Waals surface area contributed by atoms with Gasteiger partial charge in [0.25, 0.3) is 0 Å². The summed E-state index contributed by atoms with van der Waals surface area (Å²) in [7, 11) is 0. The molecule has 4 nitrogen and oxygen atoms in total. The zero-order chi connectivity index (χ0) is 23.0. The fourth-order valence-electron chi connectivity index (χ4n) is 4.76. The van der Waals surface area contributed by atoms with Gasteiger partial charge in [0, 0.05) is 27.8 Å². The Kier molecular flexibility index (Phi) is 4.77. The highest BCUT2D eigenvalue weighted by molar-refractivity contribution is 5.99. The van der Waals surface area contributed by atoms with Gasteiger partial charge in [0.15, 0.2) is 11.3 Å². The normalized spacial score (nSPS) is 13.8. The molecule has 0 amide bonds. The molecule has 1 aliphatic rings. The predicted molar refractivity (Wildman–Crippen MR) is 131 cm³/mol. The molecule has 0 fully saturated rings. The van der Waals surface area contributed by atoms with Crippen LogP contribution in [-0.4, -0.2) is 16.2 Å². The number of cyclic esters (lactones) is 1. The van der Waals surface area contributed by atoms with E-state index in [-0.39, 0.29) is 5.69 Å².